The van der Waals surface area contributed by atoms with Crippen molar-refractivity contribution in [1.82, 2.24) is 9.62 Å². The minimum Gasteiger partial charge on any atom is -0.496 e. The van der Waals surface area contributed by atoms with Crippen molar-refractivity contribution >= 4 is 15.9 Å². The summed E-state index contributed by atoms with van der Waals surface area (Å²) in [7, 11) is -2.24. The van der Waals surface area contributed by atoms with Crippen molar-refractivity contribution in [2.24, 2.45) is 0 Å². The van der Waals surface area contributed by atoms with Crippen molar-refractivity contribution in [2.45, 2.75) is 24.2 Å². The van der Waals surface area contributed by atoms with Crippen molar-refractivity contribution in [3.8, 4) is 5.75 Å². The second-order valence-electron chi connectivity index (χ2n) is 7.10. The topological polar surface area (TPSA) is 84.9 Å². The third-order valence-electron chi connectivity index (χ3n) is 5.30. The summed E-state index contributed by atoms with van der Waals surface area (Å²) >= 11 is 0. The fourth-order valence-electron chi connectivity index (χ4n) is 3.50. The molecule has 0 saturated carbocycles. The molecule has 1 aliphatic rings. The van der Waals surface area contributed by atoms with E-state index in [1.807, 2.05) is 30.3 Å². The van der Waals surface area contributed by atoms with Gasteiger partial charge in [-0.1, -0.05) is 37.3 Å². The minimum atomic E-state index is -3.70. The molecule has 2 aromatic rings. The predicted octanol–water partition coefficient (Wildman–Crippen LogP) is 2.64. The van der Waals surface area contributed by atoms with Crippen LogP contribution >= 0.6 is 0 Å². The molecule has 0 bridgehead atoms. The molecular weight excluding hydrogens is 404 g/mol. The van der Waals surface area contributed by atoms with Gasteiger partial charge in [-0.05, 0) is 30.2 Å². The van der Waals surface area contributed by atoms with Gasteiger partial charge < -0.3 is 14.8 Å². The molecule has 30 heavy (non-hydrogen) atoms. The molecule has 1 amide bonds. The van der Waals surface area contributed by atoms with Crippen molar-refractivity contribution in [3.05, 3.63) is 59.7 Å². The van der Waals surface area contributed by atoms with E-state index < -0.39 is 10.0 Å². The van der Waals surface area contributed by atoms with Crippen LogP contribution in [0.15, 0.2) is 53.4 Å². The third-order valence-corrected chi connectivity index (χ3v) is 7.19. The van der Waals surface area contributed by atoms with Crippen LogP contribution in [0.2, 0.25) is 0 Å². The number of carbonyl (C=O) groups excluding carboxylic acids is 1. The number of sulfonamides is 1. The molecule has 0 aromatic heterocycles. The normalized spacial score (nSPS) is 16.1. The molecular formula is C22H28N2O5S. The summed E-state index contributed by atoms with van der Waals surface area (Å²) in [6.45, 7) is 3.83. The maximum absolute atomic E-state index is 13.0. The predicted molar refractivity (Wildman–Crippen MR) is 114 cm³/mol. The minimum absolute atomic E-state index is 0.0745. The Bertz CT molecular complexity index is 957. The van der Waals surface area contributed by atoms with Crippen molar-refractivity contribution in [1.29, 1.82) is 0 Å². The van der Waals surface area contributed by atoms with Gasteiger partial charge in [0.1, 0.15) is 5.75 Å². The first-order valence-corrected chi connectivity index (χ1v) is 11.5. The lowest BCUT2D eigenvalue weighted by atomic mass is 9.96. The summed E-state index contributed by atoms with van der Waals surface area (Å²) < 4.78 is 37.8. The van der Waals surface area contributed by atoms with Crippen LogP contribution in [0.1, 0.15) is 35.2 Å². The van der Waals surface area contributed by atoms with Gasteiger partial charge in [0.15, 0.2) is 0 Å². The number of nitrogens with one attached hydrogen (secondary N) is 1. The summed E-state index contributed by atoms with van der Waals surface area (Å²) in [5, 5.41) is 2.93. The number of rotatable bonds is 8. The van der Waals surface area contributed by atoms with Crippen LogP contribution in [0.5, 0.6) is 5.75 Å². The molecule has 1 fully saturated rings. The Hall–Kier alpha value is -2.42. The molecule has 0 aliphatic carbocycles. The molecule has 1 N–H and O–H groups in total. The summed E-state index contributed by atoms with van der Waals surface area (Å²) in [6, 6.07) is 14.4. The SMILES string of the molecule is CC[C@@H](CNC(=O)c1cc(S(=O)(=O)N2CCOCC2)ccc1OC)c1ccccc1. The molecule has 0 unspecified atom stereocenters. The number of hydrogen-bond donors (Lipinski definition) is 1. The number of benzene rings is 2. The Morgan fingerprint density at radius 1 is 1.17 bits per heavy atom. The summed E-state index contributed by atoms with van der Waals surface area (Å²) in [5.41, 5.74) is 1.35. The summed E-state index contributed by atoms with van der Waals surface area (Å²) in [6.07, 6.45) is 0.868. The van der Waals surface area contributed by atoms with Gasteiger partial charge in [-0.2, -0.15) is 4.31 Å². The monoisotopic (exact) mass is 432 g/mol. The first kappa shape index (κ1) is 22.3. The van der Waals surface area contributed by atoms with Crippen LogP contribution in [0, 0.1) is 0 Å². The van der Waals surface area contributed by atoms with E-state index in [9.17, 15) is 13.2 Å². The van der Waals surface area contributed by atoms with Crippen LogP contribution in [0.3, 0.4) is 0 Å². The highest BCUT2D eigenvalue weighted by Crippen LogP contribution is 2.26. The van der Waals surface area contributed by atoms with Crippen LogP contribution in [-0.4, -0.2) is 58.6 Å². The van der Waals surface area contributed by atoms with E-state index in [0.29, 0.717) is 38.6 Å². The summed E-state index contributed by atoms with van der Waals surface area (Å²) in [4.78, 5) is 13.0. The van der Waals surface area contributed by atoms with Gasteiger partial charge in [-0.3, -0.25) is 4.79 Å². The van der Waals surface area contributed by atoms with Gasteiger partial charge in [0.05, 0.1) is 30.8 Å². The standard InChI is InChI=1S/C22H28N2O5S/c1-3-17(18-7-5-4-6-8-18)16-23-22(25)20-15-19(9-10-21(20)28-2)30(26,27)24-11-13-29-14-12-24/h4-10,15,17H,3,11-14,16H2,1-2H3,(H,23,25)/t17-/m0/s1. The second-order valence-corrected chi connectivity index (χ2v) is 9.04. The molecule has 8 heteroatoms. The number of morpholine rings is 1. The number of nitrogens with zero attached hydrogens (tertiary/aromatic N) is 1. The fraction of sp³-hybridized carbons (Fsp3) is 0.409. The molecule has 162 valence electrons. The Morgan fingerprint density at radius 2 is 1.87 bits per heavy atom. The van der Waals surface area contributed by atoms with Crippen LogP contribution in [0.25, 0.3) is 0 Å². The average Bonchev–Trinajstić information content (AvgIpc) is 2.80. The largest absolute Gasteiger partial charge is 0.496 e. The van der Waals surface area contributed by atoms with E-state index in [2.05, 4.69) is 12.2 Å². The van der Waals surface area contributed by atoms with E-state index in [-0.39, 0.29) is 22.3 Å². The zero-order valence-electron chi connectivity index (χ0n) is 17.3. The lowest BCUT2D eigenvalue weighted by Crippen LogP contribution is -2.40. The van der Waals surface area contributed by atoms with Crippen molar-refractivity contribution in [2.75, 3.05) is 40.0 Å². The van der Waals surface area contributed by atoms with Crippen LogP contribution in [0.4, 0.5) is 0 Å². The lowest BCUT2D eigenvalue weighted by molar-refractivity contribution is 0.0730. The number of methoxy groups -OCH3 is 1. The fourth-order valence-corrected chi connectivity index (χ4v) is 4.93. The van der Waals surface area contributed by atoms with Crippen LogP contribution < -0.4 is 10.1 Å². The van der Waals surface area contributed by atoms with E-state index in [4.69, 9.17) is 9.47 Å². The van der Waals surface area contributed by atoms with Crippen LogP contribution in [-0.2, 0) is 14.8 Å². The Labute approximate surface area is 178 Å². The Kier molecular flexibility index (Phi) is 7.47. The zero-order chi connectivity index (χ0) is 21.6. The number of ether oxygens (including phenoxy) is 2. The molecule has 3 rings (SSSR count). The molecule has 7 nitrogen and oxygen atoms in total. The Balaban J connectivity index is 1.80. The average molecular weight is 433 g/mol. The first-order chi connectivity index (χ1) is 14.5. The number of carbonyl (C=O) groups is 1. The second kappa shape index (κ2) is 10.1. The number of amides is 1. The van der Waals surface area contributed by atoms with Crippen molar-refractivity contribution < 1.29 is 22.7 Å². The van der Waals surface area contributed by atoms with Gasteiger partial charge in [0.2, 0.25) is 10.0 Å². The molecule has 1 heterocycles. The van der Waals surface area contributed by atoms with Crippen molar-refractivity contribution in [3.63, 3.8) is 0 Å². The Morgan fingerprint density at radius 3 is 2.50 bits per heavy atom. The highest BCUT2D eigenvalue weighted by Gasteiger charge is 2.28. The first-order valence-electron chi connectivity index (χ1n) is 10.1. The van der Waals surface area contributed by atoms with E-state index >= 15 is 0 Å². The van der Waals surface area contributed by atoms with Gasteiger partial charge >= 0.3 is 0 Å². The lowest BCUT2D eigenvalue weighted by Gasteiger charge is -2.26. The third kappa shape index (κ3) is 5.00. The van der Waals surface area contributed by atoms with Gasteiger partial charge in [0, 0.05) is 25.6 Å². The maximum Gasteiger partial charge on any atom is 0.255 e. The molecule has 1 aliphatic heterocycles. The van der Waals surface area contributed by atoms with E-state index in [1.54, 1.807) is 0 Å². The highest BCUT2D eigenvalue weighted by molar-refractivity contribution is 7.89. The van der Waals surface area contributed by atoms with E-state index in [0.717, 1.165) is 12.0 Å². The maximum atomic E-state index is 13.0. The van der Waals surface area contributed by atoms with Gasteiger partial charge in [0.25, 0.3) is 5.91 Å². The molecule has 2 aromatic carbocycles. The van der Waals surface area contributed by atoms with Gasteiger partial charge in [-0.25, -0.2) is 8.42 Å². The molecule has 0 radical (unpaired) electrons. The van der Waals surface area contributed by atoms with Gasteiger partial charge in [-0.15, -0.1) is 0 Å². The molecule has 1 atom stereocenters. The molecule has 0 spiro atoms. The quantitative estimate of drug-likeness (QED) is 0.693. The molecule has 1 saturated heterocycles. The highest BCUT2D eigenvalue weighted by atomic mass is 32.2. The zero-order valence-corrected chi connectivity index (χ0v) is 18.2. The number of hydrogen-bond acceptors (Lipinski definition) is 5. The smallest absolute Gasteiger partial charge is 0.255 e. The summed E-state index contributed by atoms with van der Waals surface area (Å²) in [5.74, 6) is 0.142. The van der Waals surface area contributed by atoms with E-state index in [1.165, 1.54) is 29.6 Å².